The molecule has 11 heteroatoms. The molecular weight excluding hydrogens is 474 g/mol. The van der Waals surface area contributed by atoms with Gasteiger partial charge in [-0.3, -0.25) is 25.0 Å². The summed E-state index contributed by atoms with van der Waals surface area (Å²) < 4.78 is 0.522. The first kappa shape index (κ1) is 23.3. The molecule has 4 aromatic rings. The Kier molecular flexibility index (Phi) is 7.14. The molecule has 0 saturated heterocycles. The molecule has 1 atom stereocenters. The fourth-order valence-electron chi connectivity index (χ4n) is 3.26. The quantitative estimate of drug-likeness (QED) is 0.146. The number of non-ortho nitro benzene ring substituents is 1. The molecule has 0 spiro atoms. The van der Waals surface area contributed by atoms with Gasteiger partial charge in [0, 0.05) is 23.4 Å². The summed E-state index contributed by atoms with van der Waals surface area (Å²) in [6.07, 6.45) is 0.503. The molecular formula is C23H19N5O4S2. The van der Waals surface area contributed by atoms with E-state index in [1.54, 1.807) is 12.1 Å². The summed E-state index contributed by atoms with van der Waals surface area (Å²) in [5.41, 5.74) is 0.776. The van der Waals surface area contributed by atoms with E-state index in [1.807, 2.05) is 43.3 Å². The largest absolute Gasteiger partial charge is 0.325 e. The lowest BCUT2D eigenvalue weighted by Gasteiger charge is -2.12. The minimum Gasteiger partial charge on any atom is -0.325 e. The van der Waals surface area contributed by atoms with E-state index in [9.17, 15) is 19.7 Å². The van der Waals surface area contributed by atoms with Crippen LogP contribution in [0.25, 0.3) is 10.8 Å². The predicted molar refractivity (Wildman–Crippen MR) is 133 cm³/mol. The molecule has 0 aliphatic heterocycles. The topological polar surface area (TPSA) is 127 Å². The number of amides is 2. The number of carbonyl (C=O) groups excluding carboxylic acids is 2. The number of hydrogen-bond donors (Lipinski definition) is 2. The van der Waals surface area contributed by atoms with Crippen LogP contribution in [-0.2, 0) is 4.79 Å². The fourth-order valence-corrected chi connectivity index (χ4v) is 5.17. The van der Waals surface area contributed by atoms with Gasteiger partial charge in [-0.25, -0.2) is 0 Å². The summed E-state index contributed by atoms with van der Waals surface area (Å²) in [5.74, 6) is -0.593. The molecule has 4 rings (SSSR count). The zero-order valence-electron chi connectivity index (χ0n) is 17.9. The third-order valence-electron chi connectivity index (χ3n) is 4.89. The normalized spacial score (nSPS) is 11.7. The average Bonchev–Trinajstić information content (AvgIpc) is 3.28. The second-order valence-electron chi connectivity index (χ2n) is 7.17. The van der Waals surface area contributed by atoms with Crippen molar-refractivity contribution in [2.75, 3.05) is 10.6 Å². The monoisotopic (exact) mass is 493 g/mol. The summed E-state index contributed by atoms with van der Waals surface area (Å²) >= 11 is 2.40. The van der Waals surface area contributed by atoms with Crippen molar-refractivity contribution < 1.29 is 14.5 Å². The number of thioether (sulfide) groups is 1. The van der Waals surface area contributed by atoms with E-state index in [0.29, 0.717) is 27.1 Å². The predicted octanol–water partition coefficient (Wildman–Crippen LogP) is 5.36. The number of benzene rings is 3. The molecule has 0 bridgehead atoms. The maximum absolute atomic E-state index is 12.8. The van der Waals surface area contributed by atoms with E-state index in [1.165, 1.54) is 41.3 Å². The van der Waals surface area contributed by atoms with Crippen LogP contribution in [0, 0.1) is 10.1 Å². The lowest BCUT2D eigenvalue weighted by atomic mass is 10.0. The summed E-state index contributed by atoms with van der Waals surface area (Å²) in [4.78, 5) is 36.0. The molecule has 9 nitrogen and oxygen atoms in total. The van der Waals surface area contributed by atoms with E-state index in [4.69, 9.17) is 0 Å². The van der Waals surface area contributed by atoms with Gasteiger partial charge in [0.25, 0.3) is 11.6 Å². The van der Waals surface area contributed by atoms with E-state index < -0.39 is 10.2 Å². The maximum Gasteiger partial charge on any atom is 0.271 e. The first-order valence-corrected chi connectivity index (χ1v) is 12.0. The highest BCUT2D eigenvalue weighted by atomic mass is 32.2. The number of nitrogens with one attached hydrogen (secondary N) is 2. The summed E-state index contributed by atoms with van der Waals surface area (Å²) in [6, 6.07) is 18.9. The van der Waals surface area contributed by atoms with Crippen molar-refractivity contribution in [3.63, 3.8) is 0 Å². The molecule has 0 saturated carbocycles. The molecule has 1 heterocycles. The van der Waals surface area contributed by atoms with Crippen molar-refractivity contribution in [1.82, 2.24) is 10.2 Å². The van der Waals surface area contributed by atoms with Crippen LogP contribution < -0.4 is 10.6 Å². The Balaban J connectivity index is 1.42. The van der Waals surface area contributed by atoms with E-state index in [0.717, 1.165) is 10.8 Å². The van der Waals surface area contributed by atoms with Crippen LogP contribution in [0.4, 0.5) is 16.5 Å². The van der Waals surface area contributed by atoms with Crippen LogP contribution in [0.15, 0.2) is 71.1 Å². The first-order chi connectivity index (χ1) is 16.4. The highest BCUT2D eigenvalue weighted by Crippen LogP contribution is 2.32. The number of hydrogen-bond acceptors (Lipinski definition) is 8. The molecule has 34 heavy (non-hydrogen) atoms. The van der Waals surface area contributed by atoms with Crippen LogP contribution >= 0.6 is 23.1 Å². The SMILES string of the molecule is CCC(Sc1nnc(NC(=O)c2cccc3ccccc23)s1)C(=O)Nc1cccc([N+](=O)[O-])c1. The van der Waals surface area contributed by atoms with Gasteiger partial charge in [0.15, 0.2) is 4.34 Å². The second kappa shape index (κ2) is 10.4. The minimum atomic E-state index is -0.517. The first-order valence-electron chi connectivity index (χ1n) is 10.3. The average molecular weight is 494 g/mol. The number of aromatic nitrogens is 2. The number of nitro benzene ring substituents is 1. The lowest BCUT2D eigenvalue weighted by molar-refractivity contribution is -0.384. The lowest BCUT2D eigenvalue weighted by Crippen LogP contribution is -2.24. The van der Waals surface area contributed by atoms with Gasteiger partial charge in [0.05, 0.1) is 10.2 Å². The van der Waals surface area contributed by atoms with E-state index in [-0.39, 0.29) is 17.5 Å². The Morgan fingerprint density at radius 1 is 1.06 bits per heavy atom. The second-order valence-corrected chi connectivity index (χ2v) is 9.59. The molecule has 2 amide bonds. The molecule has 0 aliphatic rings. The maximum atomic E-state index is 12.8. The number of anilines is 2. The Morgan fingerprint density at radius 3 is 2.62 bits per heavy atom. The van der Waals surface area contributed by atoms with Gasteiger partial charge < -0.3 is 5.32 Å². The molecule has 0 fully saturated rings. The van der Waals surface area contributed by atoms with Crippen molar-refractivity contribution in [2.45, 2.75) is 22.9 Å². The van der Waals surface area contributed by atoms with Gasteiger partial charge in [0.1, 0.15) is 0 Å². The van der Waals surface area contributed by atoms with Crippen molar-refractivity contribution in [3.8, 4) is 0 Å². The molecule has 1 aromatic heterocycles. The van der Waals surface area contributed by atoms with Crippen LogP contribution in [-0.4, -0.2) is 32.2 Å². The van der Waals surface area contributed by atoms with Crippen LogP contribution in [0.5, 0.6) is 0 Å². The Labute approximate surface area is 202 Å². The standard InChI is InChI=1S/C23H19N5O4S2/c1-2-19(21(30)24-15-9-6-10-16(13-15)28(31)32)33-23-27-26-22(34-23)25-20(29)18-12-5-8-14-7-3-4-11-17(14)18/h3-13,19H,2H2,1H3,(H,24,30)(H,25,26,29). The van der Waals surface area contributed by atoms with Crippen LogP contribution in [0.2, 0.25) is 0 Å². The zero-order valence-corrected chi connectivity index (χ0v) is 19.6. The Hall–Kier alpha value is -3.83. The van der Waals surface area contributed by atoms with Gasteiger partial charge in [0.2, 0.25) is 11.0 Å². The number of fused-ring (bicyclic) bond motifs is 1. The molecule has 0 aliphatic carbocycles. The van der Waals surface area contributed by atoms with Gasteiger partial charge in [-0.15, -0.1) is 10.2 Å². The van der Waals surface area contributed by atoms with E-state index in [2.05, 4.69) is 20.8 Å². The zero-order chi connectivity index (χ0) is 24.1. The summed E-state index contributed by atoms with van der Waals surface area (Å²) in [5, 5.41) is 26.2. The minimum absolute atomic E-state index is 0.103. The van der Waals surface area contributed by atoms with Crippen LogP contribution in [0.3, 0.4) is 0 Å². The number of carbonyl (C=O) groups is 2. The smallest absolute Gasteiger partial charge is 0.271 e. The molecule has 0 radical (unpaired) electrons. The summed E-state index contributed by atoms with van der Waals surface area (Å²) in [6.45, 7) is 1.86. The molecule has 3 aromatic carbocycles. The van der Waals surface area contributed by atoms with Crippen molar-refractivity contribution in [2.24, 2.45) is 0 Å². The van der Waals surface area contributed by atoms with Gasteiger partial charge in [-0.05, 0) is 29.3 Å². The molecule has 1 unspecified atom stereocenters. The Morgan fingerprint density at radius 2 is 1.82 bits per heavy atom. The molecule has 172 valence electrons. The van der Waals surface area contributed by atoms with Crippen molar-refractivity contribution >= 4 is 62.2 Å². The van der Waals surface area contributed by atoms with Crippen LogP contribution in [0.1, 0.15) is 23.7 Å². The van der Waals surface area contributed by atoms with Crippen molar-refractivity contribution in [1.29, 1.82) is 0 Å². The fraction of sp³-hybridized carbons (Fsp3) is 0.130. The van der Waals surface area contributed by atoms with E-state index >= 15 is 0 Å². The van der Waals surface area contributed by atoms with Gasteiger partial charge in [-0.1, -0.05) is 72.5 Å². The molecule has 2 N–H and O–H groups in total. The Bertz CT molecular complexity index is 1370. The number of nitro groups is 1. The van der Waals surface area contributed by atoms with Gasteiger partial charge >= 0.3 is 0 Å². The third kappa shape index (κ3) is 5.38. The number of rotatable bonds is 8. The highest BCUT2D eigenvalue weighted by molar-refractivity contribution is 8.02. The number of nitrogens with zero attached hydrogens (tertiary/aromatic N) is 3. The van der Waals surface area contributed by atoms with Gasteiger partial charge in [-0.2, -0.15) is 0 Å². The summed E-state index contributed by atoms with van der Waals surface area (Å²) in [7, 11) is 0. The highest BCUT2D eigenvalue weighted by Gasteiger charge is 2.22. The van der Waals surface area contributed by atoms with Crippen molar-refractivity contribution in [3.05, 3.63) is 82.4 Å². The third-order valence-corrected chi connectivity index (χ3v) is 7.18.